The summed E-state index contributed by atoms with van der Waals surface area (Å²) in [5.74, 6) is -1.22. The van der Waals surface area contributed by atoms with Crippen LogP contribution in [0.3, 0.4) is 0 Å². The largest absolute Gasteiger partial charge is 0.477 e. The van der Waals surface area contributed by atoms with Crippen molar-refractivity contribution in [2.24, 2.45) is 0 Å². The van der Waals surface area contributed by atoms with Gasteiger partial charge in [0.05, 0.1) is 12.7 Å². The van der Waals surface area contributed by atoms with Crippen LogP contribution < -0.4 is 0 Å². The van der Waals surface area contributed by atoms with Crippen LogP contribution in [0, 0.1) is 11.3 Å². The summed E-state index contributed by atoms with van der Waals surface area (Å²) in [5, 5.41) is 17.9. The molecule has 0 bridgehead atoms. The number of aliphatic carboxylic acids is 1. The van der Waals surface area contributed by atoms with Crippen molar-refractivity contribution in [1.82, 2.24) is 0 Å². The summed E-state index contributed by atoms with van der Waals surface area (Å²) >= 11 is 9.02. The topological polar surface area (TPSA) is 61.1 Å². The third-order valence-corrected chi connectivity index (χ3v) is 11.1. The van der Waals surface area contributed by atoms with Crippen LogP contribution in [0.2, 0.25) is 0 Å². The second-order valence-electron chi connectivity index (χ2n) is 7.03. The maximum absolute atomic E-state index is 11.0. The van der Waals surface area contributed by atoms with E-state index in [2.05, 4.69) is 55.0 Å². The van der Waals surface area contributed by atoms with E-state index in [4.69, 9.17) is 10.4 Å². The van der Waals surface area contributed by atoms with Crippen LogP contribution in [-0.2, 0) is 4.79 Å². The minimum absolute atomic E-state index is 0.277. The molecule has 1 aliphatic heterocycles. The van der Waals surface area contributed by atoms with E-state index in [1.54, 1.807) is 17.4 Å². The van der Waals surface area contributed by atoms with Crippen molar-refractivity contribution >= 4 is 76.5 Å². The molecular weight excluding hydrogens is 519 g/mol. The first-order valence-corrected chi connectivity index (χ1v) is 15.0. The first-order chi connectivity index (χ1) is 16.5. The Kier molecular flexibility index (Phi) is 8.35. The molecule has 34 heavy (non-hydrogen) atoms. The number of nitriles is 1. The van der Waals surface area contributed by atoms with Gasteiger partial charge in [-0.15, -0.1) is 34.9 Å². The fourth-order valence-electron chi connectivity index (χ4n) is 3.18. The normalized spacial score (nSPS) is 13.8. The summed E-state index contributed by atoms with van der Waals surface area (Å²) in [4.78, 5) is 13.3. The van der Waals surface area contributed by atoms with Gasteiger partial charge in [0.1, 0.15) is 11.6 Å². The molecule has 0 atom stereocenters. The molecule has 0 saturated heterocycles. The Hall–Kier alpha value is -2.28. The molecule has 2 heterocycles. The third kappa shape index (κ3) is 5.85. The molecule has 0 fully saturated rings. The van der Waals surface area contributed by atoms with Gasteiger partial charge in [-0.3, -0.25) is 0 Å². The zero-order chi connectivity index (χ0) is 24.1. The number of rotatable bonds is 7. The second kappa shape index (κ2) is 11.4. The lowest BCUT2D eigenvalue weighted by Gasteiger charge is -2.01. The first-order valence-electron chi connectivity index (χ1n) is 10.1. The molecular formula is C26H19NO2S5. The van der Waals surface area contributed by atoms with Gasteiger partial charge < -0.3 is 5.11 Å². The van der Waals surface area contributed by atoms with Crippen LogP contribution in [-0.4, -0.2) is 23.6 Å². The van der Waals surface area contributed by atoms with Gasteiger partial charge in [0.2, 0.25) is 0 Å². The highest BCUT2D eigenvalue weighted by atomic mass is 32.3. The van der Waals surface area contributed by atoms with Crippen molar-refractivity contribution in [2.75, 3.05) is 12.5 Å². The molecule has 1 aromatic heterocycles. The van der Waals surface area contributed by atoms with Crippen molar-refractivity contribution in [3.8, 4) is 27.0 Å². The highest BCUT2D eigenvalue weighted by molar-refractivity contribution is 8.40. The molecule has 170 valence electrons. The van der Waals surface area contributed by atoms with Crippen molar-refractivity contribution in [1.29, 1.82) is 5.26 Å². The van der Waals surface area contributed by atoms with Crippen LogP contribution in [0.15, 0.2) is 78.9 Å². The number of carboxylic acids is 1. The van der Waals surface area contributed by atoms with Gasteiger partial charge in [-0.05, 0) is 59.1 Å². The van der Waals surface area contributed by atoms with Gasteiger partial charge in [0, 0.05) is 9.75 Å². The van der Waals surface area contributed by atoms with Crippen molar-refractivity contribution in [3.05, 3.63) is 90.1 Å². The fraction of sp³-hybridized carbons (Fsp3) is 0.0769. The fourth-order valence-corrected chi connectivity index (χ4v) is 9.14. The van der Waals surface area contributed by atoms with E-state index < -0.39 is 5.97 Å². The average Bonchev–Trinajstić information content (AvgIpc) is 3.50. The molecule has 0 saturated carbocycles. The molecule has 3 aromatic rings. The number of thiophene rings is 1. The Labute approximate surface area is 220 Å². The molecule has 0 unspecified atom stereocenters. The summed E-state index contributed by atoms with van der Waals surface area (Å²) < 4.78 is 4.06. The SMILES string of the molecule is CSC1=C(SC)SC(=Cc2ccc(-c3ccc(-c4ccc(/C=C(/C#N)C(=O)O)cc4)s3)cc2)S1. The van der Waals surface area contributed by atoms with Crippen LogP contribution >= 0.6 is 58.4 Å². The molecule has 0 aliphatic carbocycles. The molecule has 2 aromatic carbocycles. The summed E-state index contributed by atoms with van der Waals surface area (Å²) in [6.45, 7) is 0. The molecule has 8 heteroatoms. The predicted octanol–water partition coefficient (Wildman–Crippen LogP) is 8.70. The van der Waals surface area contributed by atoms with Crippen LogP contribution in [0.25, 0.3) is 33.0 Å². The van der Waals surface area contributed by atoms with Gasteiger partial charge in [-0.25, -0.2) is 4.79 Å². The lowest BCUT2D eigenvalue weighted by molar-refractivity contribution is -0.132. The van der Waals surface area contributed by atoms with E-state index in [9.17, 15) is 4.79 Å². The molecule has 1 aliphatic rings. The molecule has 0 amide bonds. The summed E-state index contributed by atoms with van der Waals surface area (Å²) in [6.07, 6.45) is 7.88. The minimum Gasteiger partial charge on any atom is -0.477 e. The Balaban J connectivity index is 1.47. The standard InChI is InChI=1S/C26H19NO2S5/c1-30-25-26(31-2)34-23(33-25)14-17-5-9-19(10-6-17)22-12-11-21(32-22)18-7-3-16(4-8-18)13-20(15-27)24(28)29/h3-14H,1-2H3,(H,28,29)/b20-13-. The minimum atomic E-state index is -1.22. The Bertz CT molecular complexity index is 1330. The molecule has 4 rings (SSSR count). The Morgan fingerprint density at radius 2 is 1.35 bits per heavy atom. The number of carbonyl (C=O) groups is 1. The average molecular weight is 538 g/mol. The van der Waals surface area contributed by atoms with Crippen molar-refractivity contribution in [3.63, 3.8) is 0 Å². The van der Waals surface area contributed by atoms with E-state index in [0.29, 0.717) is 5.56 Å². The van der Waals surface area contributed by atoms with Crippen LogP contribution in [0.4, 0.5) is 0 Å². The molecule has 3 nitrogen and oxygen atoms in total. The number of benzene rings is 2. The lowest BCUT2D eigenvalue weighted by Crippen LogP contribution is -1.97. The van der Waals surface area contributed by atoms with E-state index >= 15 is 0 Å². The van der Waals surface area contributed by atoms with E-state index in [0.717, 1.165) is 10.4 Å². The smallest absolute Gasteiger partial charge is 0.346 e. The second-order valence-corrected chi connectivity index (χ2v) is 12.6. The van der Waals surface area contributed by atoms with E-state index in [1.165, 1.54) is 34.8 Å². The third-order valence-electron chi connectivity index (χ3n) is 4.87. The van der Waals surface area contributed by atoms with Gasteiger partial charge in [0.15, 0.2) is 0 Å². The Morgan fingerprint density at radius 3 is 1.79 bits per heavy atom. The van der Waals surface area contributed by atoms with E-state index in [-0.39, 0.29) is 5.57 Å². The molecule has 0 radical (unpaired) electrons. The van der Waals surface area contributed by atoms with Gasteiger partial charge >= 0.3 is 5.97 Å². The van der Waals surface area contributed by atoms with Gasteiger partial charge in [-0.1, -0.05) is 72.1 Å². The number of hydrogen-bond donors (Lipinski definition) is 1. The highest BCUT2D eigenvalue weighted by Crippen LogP contribution is 2.56. The summed E-state index contributed by atoms with van der Waals surface area (Å²) in [7, 11) is 0. The Morgan fingerprint density at radius 1 is 0.853 bits per heavy atom. The summed E-state index contributed by atoms with van der Waals surface area (Å²) in [6, 6.07) is 22.1. The number of carboxylic acid groups (broad SMARTS) is 1. The zero-order valence-electron chi connectivity index (χ0n) is 18.3. The van der Waals surface area contributed by atoms with Crippen LogP contribution in [0.1, 0.15) is 11.1 Å². The lowest BCUT2D eigenvalue weighted by atomic mass is 10.1. The number of nitrogens with zero attached hydrogens (tertiary/aromatic N) is 1. The maximum atomic E-state index is 11.0. The predicted molar refractivity (Wildman–Crippen MR) is 154 cm³/mol. The van der Waals surface area contributed by atoms with Crippen molar-refractivity contribution < 1.29 is 9.90 Å². The van der Waals surface area contributed by atoms with Gasteiger partial charge in [0.25, 0.3) is 0 Å². The number of hydrogen-bond acceptors (Lipinski definition) is 7. The number of thioether (sulfide) groups is 4. The molecule has 1 N–H and O–H groups in total. The zero-order valence-corrected chi connectivity index (χ0v) is 22.4. The van der Waals surface area contributed by atoms with Crippen molar-refractivity contribution in [2.45, 2.75) is 0 Å². The molecule has 0 spiro atoms. The van der Waals surface area contributed by atoms with E-state index in [1.807, 2.05) is 71.3 Å². The maximum Gasteiger partial charge on any atom is 0.346 e. The highest BCUT2D eigenvalue weighted by Gasteiger charge is 2.19. The van der Waals surface area contributed by atoms with Gasteiger partial charge in [-0.2, -0.15) is 5.26 Å². The quantitative estimate of drug-likeness (QED) is 0.239. The summed E-state index contributed by atoms with van der Waals surface area (Å²) in [5.41, 5.74) is 3.84. The van der Waals surface area contributed by atoms with Crippen LogP contribution in [0.5, 0.6) is 0 Å². The first kappa shape index (κ1) is 24.8. The monoisotopic (exact) mass is 537 g/mol.